The summed E-state index contributed by atoms with van der Waals surface area (Å²) in [6.07, 6.45) is 0. The largest absolute Gasteiger partial charge is 0.508 e. The van der Waals surface area contributed by atoms with Gasteiger partial charge in [-0.15, -0.1) is 11.3 Å². The molecule has 0 saturated carbocycles. The van der Waals surface area contributed by atoms with Crippen molar-refractivity contribution in [1.82, 2.24) is 4.98 Å². The maximum atomic E-state index is 9.48. The molecular weight excluding hydrogens is 256 g/mol. The Morgan fingerprint density at radius 3 is 2.63 bits per heavy atom. The van der Waals surface area contributed by atoms with E-state index in [0.717, 1.165) is 22.0 Å². The van der Waals surface area contributed by atoms with E-state index in [9.17, 15) is 5.11 Å². The molecular formula is C15H20N2OS. The lowest BCUT2D eigenvalue weighted by atomic mass is 9.98. The van der Waals surface area contributed by atoms with Crippen molar-refractivity contribution in [3.8, 4) is 5.75 Å². The Morgan fingerprint density at radius 1 is 1.32 bits per heavy atom. The first kappa shape index (κ1) is 13.9. The third-order valence-electron chi connectivity index (χ3n) is 2.86. The standard InChI is InChI=1S/C15H20N2OS/c1-10-7-11(5-6-13(10)18)16-8-12-9-19-14(17-12)15(2,3)4/h5-7,9,16,18H,8H2,1-4H3. The first-order valence-corrected chi connectivity index (χ1v) is 7.22. The molecule has 0 spiro atoms. The molecule has 0 unspecified atom stereocenters. The second kappa shape index (κ2) is 5.21. The molecule has 1 aromatic carbocycles. The highest BCUT2D eigenvalue weighted by atomic mass is 32.1. The highest BCUT2D eigenvalue weighted by Gasteiger charge is 2.17. The number of phenolic OH excluding ortho intramolecular Hbond substituents is 1. The van der Waals surface area contributed by atoms with Gasteiger partial charge in [-0.1, -0.05) is 20.8 Å². The number of thiazole rings is 1. The summed E-state index contributed by atoms with van der Waals surface area (Å²) >= 11 is 1.71. The second-order valence-electron chi connectivity index (χ2n) is 5.75. The van der Waals surface area contributed by atoms with Crippen LogP contribution in [0.5, 0.6) is 5.75 Å². The van der Waals surface area contributed by atoms with Crippen LogP contribution in [0.15, 0.2) is 23.6 Å². The van der Waals surface area contributed by atoms with Gasteiger partial charge in [0.05, 0.1) is 17.2 Å². The summed E-state index contributed by atoms with van der Waals surface area (Å²) in [5.41, 5.74) is 3.04. The van der Waals surface area contributed by atoms with Gasteiger partial charge in [-0.05, 0) is 30.7 Å². The minimum Gasteiger partial charge on any atom is -0.508 e. The Bertz CT molecular complexity index is 570. The van der Waals surface area contributed by atoms with Gasteiger partial charge in [-0.25, -0.2) is 4.98 Å². The molecule has 2 rings (SSSR count). The lowest BCUT2D eigenvalue weighted by Gasteiger charge is -2.13. The fourth-order valence-corrected chi connectivity index (χ4v) is 2.60. The van der Waals surface area contributed by atoms with Gasteiger partial charge in [0.15, 0.2) is 0 Å². The predicted octanol–water partition coefficient (Wildman–Crippen LogP) is 4.07. The van der Waals surface area contributed by atoms with Crippen LogP contribution in [0.1, 0.15) is 37.0 Å². The summed E-state index contributed by atoms with van der Waals surface area (Å²) in [7, 11) is 0. The van der Waals surface area contributed by atoms with Crippen molar-refractivity contribution in [3.05, 3.63) is 39.8 Å². The minimum atomic E-state index is 0.109. The van der Waals surface area contributed by atoms with Crippen molar-refractivity contribution in [2.45, 2.75) is 39.7 Å². The van der Waals surface area contributed by atoms with Gasteiger partial charge in [0.25, 0.3) is 0 Å². The number of rotatable bonds is 3. The van der Waals surface area contributed by atoms with Crippen molar-refractivity contribution in [3.63, 3.8) is 0 Å². The Kier molecular flexibility index (Phi) is 3.80. The number of aromatic nitrogens is 1. The third kappa shape index (κ3) is 3.47. The highest BCUT2D eigenvalue weighted by Crippen LogP contribution is 2.26. The van der Waals surface area contributed by atoms with E-state index in [4.69, 9.17) is 0 Å². The van der Waals surface area contributed by atoms with Crippen molar-refractivity contribution < 1.29 is 5.11 Å². The number of anilines is 1. The van der Waals surface area contributed by atoms with Crippen LogP contribution < -0.4 is 5.32 Å². The predicted molar refractivity (Wildman–Crippen MR) is 81.0 cm³/mol. The zero-order valence-corrected chi connectivity index (χ0v) is 12.6. The topological polar surface area (TPSA) is 45.2 Å². The Balaban J connectivity index is 2.02. The smallest absolute Gasteiger partial charge is 0.118 e. The molecule has 2 N–H and O–H groups in total. The van der Waals surface area contributed by atoms with E-state index < -0.39 is 0 Å². The second-order valence-corrected chi connectivity index (χ2v) is 6.61. The van der Waals surface area contributed by atoms with Crippen LogP contribution in [0.4, 0.5) is 5.69 Å². The summed E-state index contributed by atoms with van der Waals surface area (Å²) in [5.74, 6) is 0.328. The molecule has 4 heteroatoms. The van der Waals surface area contributed by atoms with Crippen molar-refractivity contribution in [2.24, 2.45) is 0 Å². The van der Waals surface area contributed by atoms with E-state index in [-0.39, 0.29) is 5.41 Å². The number of aromatic hydroxyl groups is 1. The summed E-state index contributed by atoms with van der Waals surface area (Å²) < 4.78 is 0. The lowest BCUT2D eigenvalue weighted by Crippen LogP contribution is -2.11. The van der Waals surface area contributed by atoms with E-state index >= 15 is 0 Å². The molecule has 1 heterocycles. The van der Waals surface area contributed by atoms with Crippen LogP contribution in [0, 0.1) is 6.92 Å². The van der Waals surface area contributed by atoms with E-state index in [2.05, 4.69) is 36.5 Å². The van der Waals surface area contributed by atoms with Crippen LogP contribution in [-0.2, 0) is 12.0 Å². The fourth-order valence-electron chi connectivity index (χ4n) is 1.69. The van der Waals surface area contributed by atoms with Gasteiger partial charge >= 0.3 is 0 Å². The quantitative estimate of drug-likeness (QED) is 0.831. The third-order valence-corrected chi connectivity index (χ3v) is 4.18. The lowest BCUT2D eigenvalue weighted by molar-refractivity contribution is 0.471. The molecule has 19 heavy (non-hydrogen) atoms. The Morgan fingerprint density at radius 2 is 2.05 bits per heavy atom. The minimum absolute atomic E-state index is 0.109. The Labute approximate surface area is 118 Å². The van der Waals surface area contributed by atoms with Crippen molar-refractivity contribution in [2.75, 3.05) is 5.32 Å². The average molecular weight is 276 g/mol. The van der Waals surface area contributed by atoms with Crippen LogP contribution in [0.3, 0.4) is 0 Å². The van der Waals surface area contributed by atoms with Gasteiger partial charge in [-0.2, -0.15) is 0 Å². The number of phenols is 1. The monoisotopic (exact) mass is 276 g/mol. The van der Waals surface area contributed by atoms with E-state index in [1.54, 1.807) is 17.4 Å². The van der Waals surface area contributed by atoms with Crippen LogP contribution in [-0.4, -0.2) is 10.1 Å². The van der Waals surface area contributed by atoms with Gasteiger partial charge < -0.3 is 10.4 Å². The van der Waals surface area contributed by atoms with E-state index in [0.29, 0.717) is 12.3 Å². The molecule has 0 aliphatic heterocycles. The summed E-state index contributed by atoms with van der Waals surface area (Å²) in [6, 6.07) is 5.52. The van der Waals surface area contributed by atoms with Gasteiger partial charge in [0.1, 0.15) is 5.75 Å². The molecule has 1 aromatic heterocycles. The first-order valence-electron chi connectivity index (χ1n) is 6.34. The number of nitrogens with zero attached hydrogens (tertiary/aromatic N) is 1. The molecule has 0 bridgehead atoms. The molecule has 2 aromatic rings. The molecule has 0 saturated heterocycles. The molecule has 0 amide bonds. The SMILES string of the molecule is Cc1cc(NCc2csc(C(C)(C)C)n2)ccc1O. The fraction of sp³-hybridized carbons (Fsp3) is 0.400. The molecule has 0 fully saturated rings. The van der Waals surface area contributed by atoms with Crippen LogP contribution in [0.2, 0.25) is 0 Å². The molecule has 102 valence electrons. The highest BCUT2D eigenvalue weighted by molar-refractivity contribution is 7.09. The summed E-state index contributed by atoms with van der Waals surface area (Å²) in [4.78, 5) is 4.64. The summed E-state index contributed by atoms with van der Waals surface area (Å²) in [6.45, 7) is 9.11. The number of hydrogen-bond donors (Lipinski definition) is 2. The first-order chi connectivity index (χ1) is 8.86. The normalized spacial score (nSPS) is 11.6. The van der Waals surface area contributed by atoms with E-state index in [1.165, 1.54) is 0 Å². The number of aryl methyl sites for hydroxylation is 1. The average Bonchev–Trinajstić information content (AvgIpc) is 2.79. The maximum Gasteiger partial charge on any atom is 0.118 e. The van der Waals surface area contributed by atoms with E-state index in [1.807, 2.05) is 19.1 Å². The molecule has 0 aliphatic rings. The van der Waals surface area contributed by atoms with Crippen molar-refractivity contribution in [1.29, 1.82) is 0 Å². The molecule has 3 nitrogen and oxygen atoms in total. The maximum absolute atomic E-state index is 9.48. The van der Waals surface area contributed by atoms with Crippen LogP contribution >= 0.6 is 11.3 Å². The molecule has 0 aliphatic carbocycles. The van der Waals surface area contributed by atoms with Gasteiger partial charge in [-0.3, -0.25) is 0 Å². The zero-order chi connectivity index (χ0) is 14.0. The van der Waals surface area contributed by atoms with Gasteiger partial charge in [0.2, 0.25) is 0 Å². The number of hydrogen-bond acceptors (Lipinski definition) is 4. The van der Waals surface area contributed by atoms with Crippen LogP contribution in [0.25, 0.3) is 0 Å². The Hall–Kier alpha value is -1.55. The summed E-state index contributed by atoms with van der Waals surface area (Å²) in [5, 5.41) is 16.1. The van der Waals surface area contributed by atoms with Gasteiger partial charge in [0, 0.05) is 16.5 Å². The number of nitrogens with one attached hydrogen (secondary N) is 1. The zero-order valence-electron chi connectivity index (χ0n) is 11.8. The molecule has 0 radical (unpaired) electrons. The van der Waals surface area contributed by atoms with Crippen molar-refractivity contribution >= 4 is 17.0 Å². The number of benzene rings is 1. The molecule has 0 atom stereocenters.